The van der Waals surface area contributed by atoms with Crippen LogP contribution in [-0.4, -0.2) is 10.5 Å². The SMILES string of the molecule is O=C(Cn1ccccc1=O)OCc1ccccc1. The van der Waals surface area contributed by atoms with E-state index in [2.05, 4.69) is 0 Å². The van der Waals surface area contributed by atoms with Gasteiger partial charge in [0.2, 0.25) is 0 Å². The molecule has 1 aromatic heterocycles. The maximum Gasteiger partial charge on any atom is 0.326 e. The summed E-state index contributed by atoms with van der Waals surface area (Å²) in [6.45, 7) is 0.160. The summed E-state index contributed by atoms with van der Waals surface area (Å²) in [7, 11) is 0. The number of esters is 1. The van der Waals surface area contributed by atoms with E-state index in [1.54, 1.807) is 18.3 Å². The van der Waals surface area contributed by atoms with Gasteiger partial charge in [0.25, 0.3) is 5.56 Å². The van der Waals surface area contributed by atoms with Gasteiger partial charge in [-0.15, -0.1) is 0 Å². The molecule has 1 heterocycles. The first-order valence-electron chi connectivity index (χ1n) is 5.61. The van der Waals surface area contributed by atoms with Crippen molar-refractivity contribution >= 4 is 5.97 Å². The lowest BCUT2D eigenvalue weighted by Gasteiger charge is -2.06. The van der Waals surface area contributed by atoms with Crippen LogP contribution in [-0.2, 0) is 22.7 Å². The second kappa shape index (κ2) is 5.82. The van der Waals surface area contributed by atoms with Crippen molar-refractivity contribution in [3.05, 3.63) is 70.6 Å². The van der Waals surface area contributed by atoms with Gasteiger partial charge in [-0.05, 0) is 11.6 Å². The number of nitrogens with zero attached hydrogens (tertiary/aromatic N) is 1. The fourth-order valence-corrected chi connectivity index (χ4v) is 1.51. The van der Waals surface area contributed by atoms with Gasteiger partial charge in [0.1, 0.15) is 13.2 Å². The maximum absolute atomic E-state index is 11.6. The maximum atomic E-state index is 11.6. The first-order valence-corrected chi connectivity index (χ1v) is 5.61. The largest absolute Gasteiger partial charge is 0.459 e. The molecule has 0 radical (unpaired) electrons. The molecule has 0 aliphatic carbocycles. The number of ether oxygens (including phenoxy) is 1. The lowest BCUT2D eigenvalue weighted by Crippen LogP contribution is -2.23. The lowest BCUT2D eigenvalue weighted by molar-refractivity contribution is -0.145. The fraction of sp³-hybridized carbons (Fsp3) is 0.143. The Morgan fingerprint density at radius 3 is 2.50 bits per heavy atom. The molecule has 1 aromatic carbocycles. The number of benzene rings is 1. The third-order valence-corrected chi connectivity index (χ3v) is 2.44. The average Bonchev–Trinajstić information content (AvgIpc) is 2.40. The molecule has 4 heteroatoms. The fourth-order valence-electron chi connectivity index (χ4n) is 1.51. The van der Waals surface area contributed by atoms with Crippen LogP contribution in [0.15, 0.2) is 59.5 Å². The molecule has 18 heavy (non-hydrogen) atoms. The number of hydrogen-bond donors (Lipinski definition) is 0. The molecule has 0 spiro atoms. The molecule has 2 rings (SSSR count). The summed E-state index contributed by atoms with van der Waals surface area (Å²) in [4.78, 5) is 22.9. The zero-order valence-electron chi connectivity index (χ0n) is 9.78. The third-order valence-electron chi connectivity index (χ3n) is 2.44. The number of rotatable bonds is 4. The minimum atomic E-state index is -0.424. The van der Waals surface area contributed by atoms with Crippen LogP contribution in [0.5, 0.6) is 0 Å². The Hall–Kier alpha value is -2.36. The van der Waals surface area contributed by atoms with Crippen molar-refractivity contribution in [3.8, 4) is 0 Å². The standard InChI is InChI=1S/C14H13NO3/c16-13-8-4-5-9-15(13)10-14(17)18-11-12-6-2-1-3-7-12/h1-9H,10-11H2. The molecule has 0 unspecified atom stereocenters. The van der Waals surface area contributed by atoms with Crippen LogP contribution >= 0.6 is 0 Å². The van der Waals surface area contributed by atoms with Crippen LogP contribution < -0.4 is 5.56 Å². The molecule has 2 aromatic rings. The van der Waals surface area contributed by atoms with E-state index in [4.69, 9.17) is 4.74 Å². The van der Waals surface area contributed by atoms with Crippen molar-refractivity contribution in [1.82, 2.24) is 4.57 Å². The summed E-state index contributed by atoms with van der Waals surface area (Å²) in [5, 5.41) is 0. The van der Waals surface area contributed by atoms with Crippen molar-refractivity contribution in [3.63, 3.8) is 0 Å². The lowest BCUT2D eigenvalue weighted by atomic mass is 10.2. The zero-order valence-corrected chi connectivity index (χ0v) is 9.78. The Morgan fingerprint density at radius 2 is 1.78 bits per heavy atom. The van der Waals surface area contributed by atoms with Gasteiger partial charge in [0.15, 0.2) is 0 Å². The minimum absolute atomic E-state index is 0.0630. The number of carbonyl (C=O) groups excluding carboxylic acids is 1. The second-order valence-corrected chi connectivity index (χ2v) is 3.81. The number of pyridine rings is 1. The molecule has 0 atom stereocenters. The average molecular weight is 243 g/mol. The van der Waals surface area contributed by atoms with E-state index in [1.165, 1.54) is 10.6 Å². The Morgan fingerprint density at radius 1 is 1.06 bits per heavy atom. The molecule has 0 saturated heterocycles. The number of aromatic nitrogens is 1. The summed E-state index contributed by atoms with van der Waals surface area (Å²) in [6.07, 6.45) is 1.56. The van der Waals surface area contributed by atoms with E-state index < -0.39 is 5.97 Å². The molecule has 0 aliphatic rings. The first-order chi connectivity index (χ1) is 8.75. The highest BCUT2D eigenvalue weighted by molar-refractivity contribution is 5.69. The van der Waals surface area contributed by atoms with Crippen LogP contribution in [0.2, 0.25) is 0 Å². The minimum Gasteiger partial charge on any atom is -0.459 e. The Bertz CT molecular complexity index is 575. The molecule has 4 nitrogen and oxygen atoms in total. The van der Waals surface area contributed by atoms with Crippen LogP contribution in [0.1, 0.15) is 5.56 Å². The molecule has 0 bridgehead atoms. The Balaban J connectivity index is 1.90. The highest BCUT2D eigenvalue weighted by Crippen LogP contribution is 2.00. The van der Waals surface area contributed by atoms with Crippen LogP contribution in [0.3, 0.4) is 0 Å². The normalized spacial score (nSPS) is 10.0. The van der Waals surface area contributed by atoms with Gasteiger partial charge < -0.3 is 9.30 Å². The zero-order chi connectivity index (χ0) is 12.8. The quantitative estimate of drug-likeness (QED) is 0.766. The summed E-state index contributed by atoms with van der Waals surface area (Å²) in [6, 6.07) is 14.2. The summed E-state index contributed by atoms with van der Waals surface area (Å²) < 4.78 is 6.40. The molecule has 0 amide bonds. The highest BCUT2D eigenvalue weighted by Gasteiger charge is 2.05. The van der Waals surface area contributed by atoms with Crippen molar-refractivity contribution < 1.29 is 9.53 Å². The molecule has 92 valence electrons. The van der Waals surface area contributed by atoms with Crippen LogP contribution in [0, 0.1) is 0 Å². The van der Waals surface area contributed by atoms with Gasteiger partial charge in [0, 0.05) is 12.3 Å². The first kappa shape index (κ1) is 12.1. The monoisotopic (exact) mass is 243 g/mol. The predicted octanol–water partition coefficient (Wildman–Crippen LogP) is 1.59. The molecular weight excluding hydrogens is 230 g/mol. The molecule has 0 fully saturated rings. The van der Waals surface area contributed by atoms with Crippen molar-refractivity contribution in [2.24, 2.45) is 0 Å². The smallest absolute Gasteiger partial charge is 0.326 e. The van der Waals surface area contributed by atoms with Gasteiger partial charge >= 0.3 is 5.97 Å². The van der Waals surface area contributed by atoms with Gasteiger partial charge in [-0.25, -0.2) is 0 Å². The van der Waals surface area contributed by atoms with Gasteiger partial charge in [-0.1, -0.05) is 36.4 Å². The van der Waals surface area contributed by atoms with Crippen LogP contribution in [0.4, 0.5) is 0 Å². The van der Waals surface area contributed by atoms with E-state index in [1.807, 2.05) is 30.3 Å². The third kappa shape index (κ3) is 3.31. The Labute approximate surface area is 104 Å². The van der Waals surface area contributed by atoms with Gasteiger partial charge in [0.05, 0.1) is 0 Å². The number of carbonyl (C=O) groups is 1. The highest BCUT2D eigenvalue weighted by atomic mass is 16.5. The van der Waals surface area contributed by atoms with Crippen molar-refractivity contribution in [2.75, 3.05) is 0 Å². The summed E-state index contributed by atoms with van der Waals surface area (Å²) in [5.74, 6) is -0.424. The van der Waals surface area contributed by atoms with E-state index >= 15 is 0 Å². The van der Waals surface area contributed by atoms with Crippen LogP contribution in [0.25, 0.3) is 0 Å². The molecule has 0 aliphatic heterocycles. The molecular formula is C14H13NO3. The van der Waals surface area contributed by atoms with Gasteiger partial charge in [-0.2, -0.15) is 0 Å². The van der Waals surface area contributed by atoms with Gasteiger partial charge in [-0.3, -0.25) is 9.59 Å². The van der Waals surface area contributed by atoms with E-state index in [9.17, 15) is 9.59 Å². The van der Waals surface area contributed by atoms with Crippen molar-refractivity contribution in [1.29, 1.82) is 0 Å². The predicted molar refractivity (Wildman–Crippen MR) is 66.9 cm³/mol. The molecule has 0 saturated carbocycles. The number of hydrogen-bond acceptors (Lipinski definition) is 3. The topological polar surface area (TPSA) is 48.3 Å². The molecule has 0 N–H and O–H groups in total. The second-order valence-electron chi connectivity index (χ2n) is 3.81. The van der Waals surface area contributed by atoms with Crippen molar-refractivity contribution in [2.45, 2.75) is 13.2 Å². The van der Waals surface area contributed by atoms with E-state index in [-0.39, 0.29) is 18.7 Å². The summed E-state index contributed by atoms with van der Waals surface area (Å²) >= 11 is 0. The summed E-state index contributed by atoms with van der Waals surface area (Å²) in [5.41, 5.74) is 0.709. The van der Waals surface area contributed by atoms with E-state index in [0.29, 0.717) is 0 Å². The Kier molecular flexibility index (Phi) is 3.91. The van der Waals surface area contributed by atoms with E-state index in [0.717, 1.165) is 5.56 Å².